The van der Waals surface area contributed by atoms with Crippen LogP contribution in [0.3, 0.4) is 0 Å². The van der Waals surface area contributed by atoms with Gasteiger partial charge in [0.05, 0.1) is 5.02 Å². The SMILES string of the molecule is NCC1CCN(C(=O)COc2ccccc2Cl)C1. The number of amides is 1. The zero-order valence-corrected chi connectivity index (χ0v) is 10.9. The van der Waals surface area contributed by atoms with Gasteiger partial charge in [-0.3, -0.25) is 4.79 Å². The van der Waals surface area contributed by atoms with E-state index in [9.17, 15) is 4.79 Å². The lowest BCUT2D eigenvalue weighted by atomic mass is 10.1. The van der Waals surface area contributed by atoms with Gasteiger partial charge in [-0.25, -0.2) is 0 Å². The van der Waals surface area contributed by atoms with Crippen LogP contribution in [-0.2, 0) is 4.79 Å². The zero-order chi connectivity index (χ0) is 13.0. The summed E-state index contributed by atoms with van der Waals surface area (Å²) in [6, 6.07) is 7.14. The molecular formula is C13H17ClN2O2. The van der Waals surface area contributed by atoms with Crippen LogP contribution in [0.25, 0.3) is 0 Å². The molecule has 0 bridgehead atoms. The predicted octanol–water partition coefficient (Wildman–Crippen LogP) is 1.53. The Morgan fingerprint density at radius 1 is 1.50 bits per heavy atom. The average molecular weight is 269 g/mol. The number of halogens is 1. The second kappa shape index (κ2) is 6.07. The van der Waals surface area contributed by atoms with Crippen molar-refractivity contribution >= 4 is 17.5 Å². The van der Waals surface area contributed by atoms with Gasteiger partial charge >= 0.3 is 0 Å². The molecule has 1 aromatic carbocycles. The van der Waals surface area contributed by atoms with Crippen molar-refractivity contribution < 1.29 is 9.53 Å². The number of benzene rings is 1. The molecule has 0 saturated carbocycles. The van der Waals surface area contributed by atoms with Gasteiger partial charge in [-0.15, -0.1) is 0 Å². The molecule has 5 heteroatoms. The lowest BCUT2D eigenvalue weighted by Gasteiger charge is -2.16. The molecule has 0 aromatic heterocycles. The highest BCUT2D eigenvalue weighted by Gasteiger charge is 2.25. The number of carbonyl (C=O) groups excluding carboxylic acids is 1. The molecule has 1 unspecified atom stereocenters. The van der Waals surface area contributed by atoms with E-state index in [2.05, 4.69) is 0 Å². The molecule has 2 N–H and O–H groups in total. The Morgan fingerprint density at radius 2 is 2.28 bits per heavy atom. The maximum Gasteiger partial charge on any atom is 0.260 e. The summed E-state index contributed by atoms with van der Waals surface area (Å²) in [4.78, 5) is 13.7. The number of ether oxygens (including phenoxy) is 1. The van der Waals surface area contributed by atoms with Gasteiger partial charge in [-0.05, 0) is 31.0 Å². The van der Waals surface area contributed by atoms with Gasteiger partial charge < -0.3 is 15.4 Å². The molecule has 1 saturated heterocycles. The highest BCUT2D eigenvalue weighted by atomic mass is 35.5. The Labute approximate surface area is 112 Å². The van der Waals surface area contributed by atoms with Crippen LogP contribution in [0.4, 0.5) is 0 Å². The summed E-state index contributed by atoms with van der Waals surface area (Å²) in [5, 5.41) is 0.520. The summed E-state index contributed by atoms with van der Waals surface area (Å²) in [6.45, 7) is 2.17. The third-order valence-electron chi connectivity index (χ3n) is 3.16. The van der Waals surface area contributed by atoms with Gasteiger partial charge in [0.25, 0.3) is 5.91 Å². The zero-order valence-electron chi connectivity index (χ0n) is 10.1. The fraction of sp³-hybridized carbons (Fsp3) is 0.462. The molecule has 0 aliphatic carbocycles. The maximum atomic E-state index is 11.9. The highest BCUT2D eigenvalue weighted by molar-refractivity contribution is 6.32. The fourth-order valence-corrected chi connectivity index (χ4v) is 2.23. The summed E-state index contributed by atoms with van der Waals surface area (Å²) in [7, 11) is 0. The Morgan fingerprint density at radius 3 is 2.94 bits per heavy atom. The Bertz CT molecular complexity index is 425. The average Bonchev–Trinajstić information content (AvgIpc) is 2.86. The van der Waals surface area contributed by atoms with Crippen molar-refractivity contribution in [2.75, 3.05) is 26.2 Å². The largest absolute Gasteiger partial charge is 0.482 e. The van der Waals surface area contributed by atoms with Crippen LogP contribution < -0.4 is 10.5 Å². The molecule has 4 nitrogen and oxygen atoms in total. The van der Waals surface area contributed by atoms with E-state index >= 15 is 0 Å². The number of carbonyl (C=O) groups is 1. The van der Waals surface area contributed by atoms with Gasteiger partial charge in [0.2, 0.25) is 0 Å². The van der Waals surface area contributed by atoms with E-state index in [4.69, 9.17) is 22.1 Å². The van der Waals surface area contributed by atoms with E-state index in [-0.39, 0.29) is 12.5 Å². The number of hydrogen-bond donors (Lipinski definition) is 1. The van der Waals surface area contributed by atoms with E-state index in [1.165, 1.54) is 0 Å². The monoisotopic (exact) mass is 268 g/mol. The third-order valence-corrected chi connectivity index (χ3v) is 3.47. The highest BCUT2D eigenvalue weighted by Crippen LogP contribution is 2.23. The molecule has 0 spiro atoms. The van der Waals surface area contributed by atoms with Gasteiger partial charge in [-0.2, -0.15) is 0 Å². The van der Waals surface area contributed by atoms with Crippen LogP contribution in [0, 0.1) is 5.92 Å². The second-order valence-electron chi connectivity index (χ2n) is 4.45. The number of nitrogens with two attached hydrogens (primary N) is 1. The molecular weight excluding hydrogens is 252 g/mol. The second-order valence-corrected chi connectivity index (χ2v) is 4.86. The lowest BCUT2D eigenvalue weighted by molar-refractivity contribution is -0.132. The molecule has 1 heterocycles. The molecule has 1 fully saturated rings. The first-order valence-electron chi connectivity index (χ1n) is 6.06. The minimum absolute atomic E-state index is 0.00845. The van der Waals surface area contributed by atoms with Crippen LogP contribution >= 0.6 is 11.6 Å². The molecule has 1 aliphatic rings. The molecule has 1 aliphatic heterocycles. The van der Waals surface area contributed by atoms with Gasteiger partial charge in [0.1, 0.15) is 5.75 Å². The van der Waals surface area contributed by atoms with Crippen molar-refractivity contribution in [3.63, 3.8) is 0 Å². The van der Waals surface area contributed by atoms with Crippen molar-refractivity contribution in [3.05, 3.63) is 29.3 Å². The smallest absolute Gasteiger partial charge is 0.260 e. The third kappa shape index (κ3) is 3.15. The first kappa shape index (κ1) is 13.2. The topological polar surface area (TPSA) is 55.6 Å². The first-order chi connectivity index (χ1) is 8.70. The van der Waals surface area contributed by atoms with Crippen LogP contribution in [0.5, 0.6) is 5.75 Å². The van der Waals surface area contributed by atoms with E-state index in [0.29, 0.717) is 23.2 Å². The normalized spacial score (nSPS) is 19.0. The number of nitrogens with zero attached hydrogens (tertiary/aromatic N) is 1. The van der Waals surface area contributed by atoms with Gasteiger partial charge in [-0.1, -0.05) is 23.7 Å². The maximum absolute atomic E-state index is 11.9. The van der Waals surface area contributed by atoms with Gasteiger partial charge in [0.15, 0.2) is 6.61 Å². The van der Waals surface area contributed by atoms with Crippen LogP contribution in [0.2, 0.25) is 5.02 Å². The van der Waals surface area contributed by atoms with Crippen molar-refractivity contribution in [3.8, 4) is 5.75 Å². The molecule has 18 heavy (non-hydrogen) atoms. The van der Waals surface area contributed by atoms with Crippen LogP contribution in [0.1, 0.15) is 6.42 Å². The van der Waals surface area contributed by atoms with Crippen LogP contribution in [0.15, 0.2) is 24.3 Å². The Hall–Kier alpha value is -1.26. The van der Waals surface area contributed by atoms with Crippen LogP contribution in [-0.4, -0.2) is 37.0 Å². The minimum Gasteiger partial charge on any atom is -0.482 e. The molecule has 2 rings (SSSR count). The van der Waals surface area contributed by atoms with Crippen molar-refractivity contribution in [1.29, 1.82) is 0 Å². The molecule has 1 amide bonds. The van der Waals surface area contributed by atoms with E-state index in [1.54, 1.807) is 17.0 Å². The molecule has 98 valence electrons. The Kier molecular flexibility index (Phi) is 4.44. The first-order valence-corrected chi connectivity index (χ1v) is 6.43. The van der Waals surface area contributed by atoms with Gasteiger partial charge in [0, 0.05) is 13.1 Å². The summed E-state index contributed by atoms with van der Waals surface area (Å²) in [5.41, 5.74) is 5.59. The summed E-state index contributed by atoms with van der Waals surface area (Å²) in [5.74, 6) is 0.960. The van der Waals surface area contributed by atoms with E-state index in [0.717, 1.165) is 19.5 Å². The number of para-hydroxylation sites is 1. The summed E-state index contributed by atoms with van der Waals surface area (Å²) >= 11 is 5.95. The summed E-state index contributed by atoms with van der Waals surface area (Å²) < 4.78 is 5.43. The lowest BCUT2D eigenvalue weighted by Crippen LogP contribution is -2.33. The standard InChI is InChI=1S/C13H17ClN2O2/c14-11-3-1-2-4-12(11)18-9-13(17)16-6-5-10(7-15)8-16/h1-4,10H,5-9,15H2. The number of rotatable bonds is 4. The molecule has 1 atom stereocenters. The van der Waals surface area contributed by atoms with Crippen molar-refractivity contribution in [2.24, 2.45) is 11.7 Å². The Balaban J connectivity index is 1.84. The predicted molar refractivity (Wildman–Crippen MR) is 70.7 cm³/mol. The summed E-state index contributed by atoms with van der Waals surface area (Å²) in [6.07, 6.45) is 0.980. The number of likely N-dealkylation sites (tertiary alicyclic amines) is 1. The van der Waals surface area contributed by atoms with E-state index in [1.807, 2.05) is 12.1 Å². The van der Waals surface area contributed by atoms with Crippen molar-refractivity contribution in [1.82, 2.24) is 4.90 Å². The number of hydrogen-bond acceptors (Lipinski definition) is 3. The fourth-order valence-electron chi connectivity index (χ4n) is 2.04. The minimum atomic E-state index is -0.00845. The van der Waals surface area contributed by atoms with E-state index < -0.39 is 0 Å². The quantitative estimate of drug-likeness (QED) is 0.901. The van der Waals surface area contributed by atoms with Crippen molar-refractivity contribution in [2.45, 2.75) is 6.42 Å². The molecule has 1 aromatic rings. The molecule has 0 radical (unpaired) electrons.